The lowest BCUT2D eigenvalue weighted by Gasteiger charge is -2.03. The third kappa shape index (κ3) is 20.1. The third-order valence-corrected chi connectivity index (χ3v) is 2.11. The highest BCUT2D eigenvalue weighted by molar-refractivity contribution is 7.30. The predicted molar refractivity (Wildman–Crippen MR) is 66.2 cm³/mol. The predicted octanol–water partition coefficient (Wildman–Crippen LogP) is 3.67. The summed E-state index contributed by atoms with van der Waals surface area (Å²) in [6.45, 7) is 6.68. The van der Waals surface area contributed by atoms with Gasteiger partial charge < -0.3 is 9.79 Å². The first-order chi connectivity index (χ1) is 7.08. The van der Waals surface area contributed by atoms with E-state index >= 15 is 0 Å². The standard InChI is InChI=1S/C11H22.H3O3P/c1-4-7-9-11(6-3)10-8-5-2;1-4(2)3/h6H,4-5,7-10H2,1-3H3;4H,(H2,1,2,3). The normalized spacial score (nSPS) is 9.47. The summed E-state index contributed by atoms with van der Waals surface area (Å²) in [5, 5.41) is 0. The lowest BCUT2D eigenvalue weighted by atomic mass is 10.0. The van der Waals surface area contributed by atoms with Crippen LogP contribution in [0.1, 0.15) is 59.3 Å². The van der Waals surface area contributed by atoms with Crippen molar-refractivity contribution in [1.82, 2.24) is 0 Å². The van der Waals surface area contributed by atoms with Crippen LogP contribution in [0.4, 0.5) is 0 Å². The van der Waals surface area contributed by atoms with Gasteiger partial charge in [-0.1, -0.05) is 38.3 Å². The zero-order chi connectivity index (χ0) is 12.1. The number of rotatable bonds is 6. The van der Waals surface area contributed by atoms with Crippen molar-refractivity contribution in [3.05, 3.63) is 11.6 Å². The summed E-state index contributed by atoms with van der Waals surface area (Å²) < 4.78 is 8.74. The minimum atomic E-state index is -3.13. The van der Waals surface area contributed by atoms with Crippen molar-refractivity contribution >= 4 is 8.25 Å². The van der Waals surface area contributed by atoms with Gasteiger partial charge in [0.2, 0.25) is 0 Å². The molecule has 0 heterocycles. The molecule has 0 aliphatic rings. The summed E-state index contributed by atoms with van der Waals surface area (Å²) in [5.74, 6) is 0. The van der Waals surface area contributed by atoms with Crippen LogP contribution in [0.3, 0.4) is 0 Å². The molecule has 0 saturated carbocycles. The first-order valence-corrected chi connectivity index (χ1v) is 6.94. The van der Waals surface area contributed by atoms with Crippen molar-refractivity contribution in [1.29, 1.82) is 0 Å². The van der Waals surface area contributed by atoms with Crippen molar-refractivity contribution in [3.63, 3.8) is 0 Å². The highest BCUT2D eigenvalue weighted by Gasteiger charge is 1.94. The molecule has 0 spiro atoms. The molecule has 2 N–H and O–H groups in total. The molecular weight excluding hydrogens is 211 g/mol. The zero-order valence-corrected chi connectivity index (χ0v) is 11.1. The molecular formula is C11H25O3P. The smallest absolute Gasteiger partial charge is 0.314 e. The van der Waals surface area contributed by atoms with E-state index in [0.717, 1.165) is 0 Å². The summed E-state index contributed by atoms with van der Waals surface area (Å²) in [6.07, 6.45) is 10.3. The molecule has 0 radical (unpaired) electrons. The minimum absolute atomic E-state index is 1.32. The van der Waals surface area contributed by atoms with Gasteiger partial charge in [0.15, 0.2) is 0 Å². The van der Waals surface area contributed by atoms with Gasteiger partial charge in [0.1, 0.15) is 0 Å². The molecule has 0 atom stereocenters. The van der Waals surface area contributed by atoms with Gasteiger partial charge in [0, 0.05) is 0 Å². The Morgan fingerprint density at radius 2 is 1.47 bits per heavy atom. The molecule has 0 bridgehead atoms. The average Bonchev–Trinajstić information content (AvgIpc) is 2.17. The molecule has 0 rings (SSSR count). The summed E-state index contributed by atoms with van der Waals surface area (Å²) >= 11 is 0. The van der Waals surface area contributed by atoms with Crippen LogP contribution in [0.2, 0.25) is 0 Å². The van der Waals surface area contributed by atoms with E-state index in [9.17, 15) is 0 Å². The molecule has 0 saturated heterocycles. The van der Waals surface area contributed by atoms with Crippen LogP contribution in [0, 0.1) is 0 Å². The first kappa shape index (κ1) is 17.3. The fourth-order valence-corrected chi connectivity index (χ4v) is 1.22. The molecule has 92 valence electrons. The topological polar surface area (TPSA) is 57.5 Å². The maximum absolute atomic E-state index is 8.74. The van der Waals surface area contributed by atoms with E-state index < -0.39 is 8.25 Å². The zero-order valence-electron chi connectivity index (χ0n) is 10.1. The monoisotopic (exact) mass is 236 g/mol. The summed E-state index contributed by atoms with van der Waals surface area (Å²) in [5.41, 5.74) is 1.66. The van der Waals surface area contributed by atoms with E-state index in [0.29, 0.717) is 0 Å². The van der Waals surface area contributed by atoms with Crippen molar-refractivity contribution in [2.45, 2.75) is 59.3 Å². The maximum Gasteiger partial charge on any atom is 0.314 e. The fourth-order valence-electron chi connectivity index (χ4n) is 1.22. The van der Waals surface area contributed by atoms with Gasteiger partial charge in [0.05, 0.1) is 0 Å². The molecule has 0 aliphatic carbocycles. The van der Waals surface area contributed by atoms with Crippen molar-refractivity contribution < 1.29 is 14.4 Å². The van der Waals surface area contributed by atoms with Gasteiger partial charge in [-0.15, -0.1) is 0 Å². The minimum Gasteiger partial charge on any atom is -0.326 e. The highest BCUT2D eigenvalue weighted by Crippen LogP contribution is 2.14. The van der Waals surface area contributed by atoms with Crippen LogP contribution in [0.15, 0.2) is 11.6 Å². The number of hydrogen-bond donors (Lipinski definition) is 2. The Balaban J connectivity index is 0. The molecule has 4 heteroatoms. The lowest BCUT2D eigenvalue weighted by molar-refractivity contribution is 0.405. The van der Waals surface area contributed by atoms with Crippen LogP contribution in [0.25, 0.3) is 0 Å². The number of unbranched alkanes of at least 4 members (excludes halogenated alkanes) is 2. The third-order valence-electron chi connectivity index (χ3n) is 2.11. The Hall–Kier alpha value is -0.110. The second-order valence-corrected chi connectivity index (χ2v) is 4.00. The number of hydrogen-bond acceptors (Lipinski definition) is 1. The Bertz CT molecular complexity index is 165. The highest BCUT2D eigenvalue weighted by atomic mass is 31.1. The quantitative estimate of drug-likeness (QED) is 0.546. The van der Waals surface area contributed by atoms with Crippen molar-refractivity contribution in [2.24, 2.45) is 0 Å². The molecule has 0 fully saturated rings. The van der Waals surface area contributed by atoms with Crippen LogP contribution in [-0.4, -0.2) is 9.79 Å². The van der Waals surface area contributed by atoms with Crippen LogP contribution in [-0.2, 0) is 4.57 Å². The molecule has 0 aromatic heterocycles. The average molecular weight is 236 g/mol. The Morgan fingerprint density at radius 1 is 1.13 bits per heavy atom. The fraction of sp³-hybridized carbons (Fsp3) is 0.818. The Labute approximate surface area is 94.2 Å². The van der Waals surface area contributed by atoms with Crippen LogP contribution in [0.5, 0.6) is 0 Å². The van der Waals surface area contributed by atoms with E-state index in [1.807, 2.05) is 0 Å². The van der Waals surface area contributed by atoms with Crippen molar-refractivity contribution in [2.75, 3.05) is 0 Å². The molecule has 0 aromatic rings. The maximum atomic E-state index is 8.74. The Morgan fingerprint density at radius 3 is 1.67 bits per heavy atom. The van der Waals surface area contributed by atoms with Gasteiger partial charge in [-0.2, -0.15) is 0 Å². The first-order valence-electron chi connectivity index (χ1n) is 5.64. The SMILES string of the molecule is CC=C(CCCC)CCCC.O=[PH](O)O. The summed E-state index contributed by atoms with van der Waals surface area (Å²) in [7, 11) is -3.13. The molecule has 15 heavy (non-hydrogen) atoms. The molecule has 0 aromatic carbocycles. The van der Waals surface area contributed by atoms with Gasteiger partial charge >= 0.3 is 8.25 Å². The van der Waals surface area contributed by atoms with Crippen molar-refractivity contribution in [3.8, 4) is 0 Å². The van der Waals surface area contributed by atoms with Crippen LogP contribution < -0.4 is 0 Å². The van der Waals surface area contributed by atoms with E-state index in [2.05, 4.69) is 26.8 Å². The van der Waals surface area contributed by atoms with Gasteiger partial charge in [0.25, 0.3) is 0 Å². The molecule has 0 amide bonds. The molecule has 3 nitrogen and oxygen atoms in total. The summed E-state index contributed by atoms with van der Waals surface area (Å²) in [4.78, 5) is 14.3. The van der Waals surface area contributed by atoms with E-state index in [1.54, 1.807) is 5.57 Å². The van der Waals surface area contributed by atoms with Gasteiger partial charge in [-0.25, -0.2) is 0 Å². The van der Waals surface area contributed by atoms with Gasteiger partial charge in [-0.3, -0.25) is 4.57 Å². The Kier molecular flexibility index (Phi) is 16.0. The van der Waals surface area contributed by atoms with E-state index in [4.69, 9.17) is 14.4 Å². The second kappa shape index (κ2) is 13.9. The van der Waals surface area contributed by atoms with Gasteiger partial charge in [-0.05, 0) is 32.6 Å². The van der Waals surface area contributed by atoms with Crippen LogP contribution >= 0.6 is 8.25 Å². The van der Waals surface area contributed by atoms with E-state index in [1.165, 1.54) is 38.5 Å². The summed E-state index contributed by atoms with van der Waals surface area (Å²) in [6, 6.07) is 0. The van der Waals surface area contributed by atoms with E-state index in [-0.39, 0.29) is 0 Å². The lowest BCUT2D eigenvalue weighted by Crippen LogP contribution is -1.83. The second-order valence-electron chi connectivity index (χ2n) is 3.44. The molecule has 0 aliphatic heterocycles. The number of allylic oxidation sites excluding steroid dienone is 2. The largest absolute Gasteiger partial charge is 0.326 e. The molecule has 0 unspecified atom stereocenters.